The van der Waals surface area contributed by atoms with Gasteiger partial charge in [0, 0.05) is 50.9 Å². The molecule has 0 saturated carbocycles. The fraction of sp³-hybridized carbons (Fsp3) is 0.279. The van der Waals surface area contributed by atoms with Crippen LogP contribution in [-0.2, 0) is 42.7 Å². The van der Waals surface area contributed by atoms with Gasteiger partial charge in [-0.15, -0.1) is 11.5 Å². The topological polar surface area (TPSA) is 24.3 Å². The Bertz CT molecular complexity index is 2990. The number of aromatic nitrogens is 2. The van der Waals surface area contributed by atoms with E-state index in [4.69, 9.17) is 4.98 Å². The van der Waals surface area contributed by atoms with Gasteiger partial charge in [0.15, 0.2) is 0 Å². The van der Waals surface area contributed by atoms with E-state index >= 15 is 0 Å². The van der Waals surface area contributed by atoms with Crippen LogP contribution >= 0.6 is 0 Å². The Kier molecular flexibility index (Phi) is 13.4. The number of hydrogen-bond donors (Lipinski definition) is 0. The Labute approximate surface area is 417 Å². The van der Waals surface area contributed by atoms with Crippen LogP contribution in [0.25, 0.3) is 27.6 Å². The smallest absolute Gasteiger partial charge is 0.135 e. The first kappa shape index (κ1) is 49.4. The van der Waals surface area contributed by atoms with Gasteiger partial charge in [-0.05, 0) is 84.4 Å². The minimum atomic E-state index is -3.17. The molecular formula is C61H67N4PtSi-3. The molecule has 0 N–H and O–H groups in total. The van der Waals surface area contributed by atoms with E-state index in [2.05, 4.69) is 262 Å². The molecule has 1 aliphatic rings. The van der Waals surface area contributed by atoms with Crippen molar-refractivity contribution in [2.75, 3.05) is 16.5 Å². The van der Waals surface area contributed by atoms with Crippen molar-refractivity contribution in [3.8, 4) is 5.82 Å². The molecule has 0 spiro atoms. The predicted octanol–water partition coefficient (Wildman–Crippen LogP) is 12.5. The van der Waals surface area contributed by atoms with Gasteiger partial charge in [0.25, 0.3) is 0 Å². The number of pyridine rings is 1. The molecule has 0 saturated heterocycles. The maximum Gasteiger partial charge on any atom is 0.135 e. The summed E-state index contributed by atoms with van der Waals surface area (Å²) in [7, 11) is -3.17. The number of para-hydroxylation sites is 1. The van der Waals surface area contributed by atoms with Crippen LogP contribution in [-0.4, -0.2) is 24.3 Å². The molecule has 3 heterocycles. The van der Waals surface area contributed by atoms with Gasteiger partial charge in [0.05, 0.1) is 6.67 Å². The van der Waals surface area contributed by atoms with Gasteiger partial charge in [-0.2, -0.15) is 46.3 Å². The van der Waals surface area contributed by atoms with Crippen molar-refractivity contribution in [1.82, 2.24) is 9.55 Å². The van der Waals surface area contributed by atoms with Crippen LogP contribution in [0, 0.1) is 19.6 Å². The molecule has 348 valence electrons. The monoisotopic (exact) mass is 1080 g/mol. The molecule has 0 atom stereocenters. The van der Waals surface area contributed by atoms with E-state index in [1.165, 1.54) is 54.1 Å². The zero-order valence-electron chi connectivity index (χ0n) is 41.8. The van der Waals surface area contributed by atoms with Gasteiger partial charge >= 0.3 is 0 Å². The van der Waals surface area contributed by atoms with Crippen LogP contribution in [0.5, 0.6) is 0 Å². The predicted molar refractivity (Wildman–Crippen MR) is 286 cm³/mol. The average molecular weight is 1080 g/mol. The summed E-state index contributed by atoms with van der Waals surface area (Å²) in [6, 6.07) is 60.7. The summed E-state index contributed by atoms with van der Waals surface area (Å²) in [6.07, 6.45) is 6.44. The first-order valence-corrected chi connectivity index (χ1v) is 25.2. The van der Waals surface area contributed by atoms with Crippen LogP contribution in [0.15, 0.2) is 158 Å². The fourth-order valence-corrected chi connectivity index (χ4v) is 14.0. The van der Waals surface area contributed by atoms with Gasteiger partial charge in [0.2, 0.25) is 0 Å². The largest absolute Gasteiger partial charge is 0.358 e. The van der Waals surface area contributed by atoms with Crippen LogP contribution in [0.3, 0.4) is 0 Å². The van der Waals surface area contributed by atoms with Crippen molar-refractivity contribution in [2.45, 2.75) is 105 Å². The molecule has 2 aromatic heterocycles. The van der Waals surface area contributed by atoms with E-state index in [1.807, 2.05) is 6.20 Å². The molecule has 4 nitrogen and oxygen atoms in total. The Morgan fingerprint density at radius 3 is 1.61 bits per heavy atom. The normalized spacial score (nSPS) is 13.6. The third kappa shape index (κ3) is 9.27. The van der Waals surface area contributed by atoms with Crippen molar-refractivity contribution in [3.05, 3.63) is 200 Å². The quantitative estimate of drug-likeness (QED) is 0.0903. The summed E-state index contributed by atoms with van der Waals surface area (Å²) in [4.78, 5) is 9.82. The van der Waals surface area contributed by atoms with E-state index < -0.39 is 8.07 Å². The molecule has 0 bridgehead atoms. The molecule has 67 heavy (non-hydrogen) atoms. The summed E-state index contributed by atoms with van der Waals surface area (Å²) in [5, 5.41) is 7.32. The van der Waals surface area contributed by atoms with Crippen molar-refractivity contribution in [3.63, 3.8) is 0 Å². The summed E-state index contributed by atoms with van der Waals surface area (Å²) >= 11 is 0. The Hall–Kier alpha value is -5.48. The number of benzene rings is 6. The summed E-state index contributed by atoms with van der Waals surface area (Å²) in [6.45, 7) is 28.3. The average Bonchev–Trinajstić information content (AvgIpc) is 3.90. The number of anilines is 2. The standard InChI is InChI=1S/C60H64N4Si.CH3.Pt/c1-57(2,3)42-29-30-61-56(38-42)64-54-26-20-19-25-52(54)53-28-27-50(40-55(53)64)65(48-21-15-13-16-22-48,49-23-17-14-18-24-49)51-37-45(60(10,11)12)36-47(39-51)63-32-31-62(41-63)46-34-43(58(4,5)6)33-44(35-46)59(7,8)9;;/h13-38H,41H2,1-12H3;1H3;/q-2;-1;. The second-order valence-corrected chi connectivity index (χ2v) is 25.9. The minimum absolute atomic E-state index is 0. The van der Waals surface area contributed by atoms with Gasteiger partial charge in [0.1, 0.15) is 13.9 Å². The molecule has 0 unspecified atom stereocenters. The molecule has 1 aliphatic heterocycles. The summed E-state index contributed by atoms with van der Waals surface area (Å²) in [5.41, 5.74) is 9.52. The third-order valence-corrected chi connectivity index (χ3v) is 18.0. The van der Waals surface area contributed by atoms with Gasteiger partial charge in [-0.25, -0.2) is 4.98 Å². The Morgan fingerprint density at radius 1 is 0.493 bits per heavy atom. The van der Waals surface area contributed by atoms with Gasteiger partial charge in [-0.1, -0.05) is 179 Å². The van der Waals surface area contributed by atoms with Crippen LogP contribution < -0.4 is 30.5 Å². The third-order valence-electron chi connectivity index (χ3n) is 13.4. The van der Waals surface area contributed by atoms with Crippen LogP contribution in [0.2, 0.25) is 0 Å². The number of nitrogens with zero attached hydrogens (tertiary/aromatic N) is 4. The number of fused-ring (bicyclic) bond motifs is 3. The van der Waals surface area contributed by atoms with E-state index in [0.717, 1.165) is 27.9 Å². The molecule has 6 aromatic carbocycles. The molecule has 0 fully saturated rings. The first-order valence-electron chi connectivity index (χ1n) is 23.2. The molecule has 6 heteroatoms. The number of rotatable bonds is 7. The Balaban J connectivity index is 0.00000333. The van der Waals surface area contributed by atoms with E-state index in [9.17, 15) is 0 Å². The minimum Gasteiger partial charge on any atom is -0.358 e. The van der Waals surface area contributed by atoms with Crippen LogP contribution in [0.1, 0.15) is 105 Å². The molecular weight excluding hydrogens is 1010 g/mol. The summed E-state index contributed by atoms with van der Waals surface area (Å²) in [5.74, 6) is 0.903. The zero-order valence-corrected chi connectivity index (χ0v) is 45.1. The molecule has 0 aliphatic carbocycles. The maximum absolute atomic E-state index is 5.05. The van der Waals surface area contributed by atoms with E-state index in [0.29, 0.717) is 6.67 Å². The van der Waals surface area contributed by atoms with Gasteiger partial charge in [-0.3, -0.25) is 0 Å². The molecule has 9 rings (SSSR count). The second kappa shape index (κ2) is 18.2. The maximum atomic E-state index is 5.05. The fourth-order valence-electron chi connectivity index (χ4n) is 9.40. The molecule has 0 amide bonds. The van der Waals surface area contributed by atoms with Crippen molar-refractivity contribution in [2.24, 2.45) is 0 Å². The molecule has 0 radical (unpaired) electrons. The first-order chi connectivity index (χ1) is 30.7. The van der Waals surface area contributed by atoms with Crippen molar-refractivity contribution < 1.29 is 21.1 Å². The molecule has 8 aromatic rings. The summed E-state index contributed by atoms with van der Waals surface area (Å²) < 4.78 is 2.34. The van der Waals surface area contributed by atoms with E-state index in [1.54, 1.807) is 0 Å². The zero-order chi connectivity index (χ0) is 46.1. The van der Waals surface area contributed by atoms with Crippen LogP contribution in [0.4, 0.5) is 11.4 Å². The van der Waals surface area contributed by atoms with E-state index in [-0.39, 0.29) is 50.2 Å². The second-order valence-electron chi connectivity index (χ2n) is 22.2. The van der Waals surface area contributed by atoms with Gasteiger partial charge < -0.3 is 21.8 Å². The SMILES string of the molecule is CC(C)(C)c1cc(N2C=CN(c3cc(C(C)(C)C)cc(C(C)(C)C)c3)C2)[c-]c([Si](c2[c-]c3c(cc2)c2ccccc2n3-c2cc(C(C)(C)C)ccn2)(c2ccccc2)c2ccccc2)c1.[CH3-].[Pt]. The van der Waals surface area contributed by atoms with Crippen molar-refractivity contribution in [1.29, 1.82) is 0 Å². The number of hydrogen-bond acceptors (Lipinski definition) is 3. The Morgan fingerprint density at radius 2 is 1.03 bits per heavy atom. The van der Waals surface area contributed by atoms with Crippen molar-refractivity contribution >= 4 is 62.0 Å².